The standard InChI is InChI=1S/C8H15NO.ClH/c10-6-7-2-1-3-8(9-7)4-5-8;/h7,9-10H,1-6H2;1H. The number of aliphatic hydroxyl groups excluding tert-OH is 1. The summed E-state index contributed by atoms with van der Waals surface area (Å²) < 4.78 is 0. The zero-order valence-electron chi connectivity index (χ0n) is 6.68. The predicted molar refractivity (Wildman–Crippen MR) is 47.1 cm³/mol. The van der Waals surface area contributed by atoms with Gasteiger partial charge < -0.3 is 10.4 Å². The first-order valence-electron chi connectivity index (χ1n) is 4.23. The van der Waals surface area contributed by atoms with Gasteiger partial charge in [0, 0.05) is 11.6 Å². The SMILES string of the molecule is Cl.OCC1CCCC2(CC2)N1. The second kappa shape index (κ2) is 3.30. The van der Waals surface area contributed by atoms with Gasteiger partial charge in [-0.15, -0.1) is 12.4 Å². The Labute approximate surface area is 73.8 Å². The van der Waals surface area contributed by atoms with Gasteiger partial charge in [-0.1, -0.05) is 0 Å². The lowest BCUT2D eigenvalue weighted by Gasteiger charge is -2.29. The van der Waals surface area contributed by atoms with Crippen LogP contribution in [0.1, 0.15) is 32.1 Å². The molecule has 2 nitrogen and oxygen atoms in total. The fourth-order valence-corrected chi connectivity index (χ4v) is 1.95. The van der Waals surface area contributed by atoms with Gasteiger partial charge in [-0.25, -0.2) is 0 Å². The van der Waals surface area contributed by atoms with Crippen LogP contribution in [0.15, 0.2) is 0 Å². The minimum atomic E-state index is 0. The molecule has 2 aliphatic rings. The van der Waals surface area contributed by atoms with E-state index in [1.165, 1.54) is 25.7 Å². The third-order valence-corrected chi connectivity index (χ3v) is 2.79. The fraction of sp³-hybridized carbons (Fsp3) is 1.00. The molecular weight excluding hydrogens is 162 g/mol. The third kappa shape index (κ3) is 1.86. The average Bonchev–Trinajstić information content (AvgIpc) is 2.70. The highest BCUT2D eigenvalue weighted by atomic mass is 35.5. The monoisotopic (exact) mass is 177 g/mol. The number of hydrogen-bond donors (Lipinski definition) is 2. The summed E-state index contributed by atoms with van der Waals surface area (Å²) in [5.41, 5.74) is 0.492. The van der Waals surface area contributed by atoms with Crippen molar-refractivity contribution in [3.63, 3.8) is 0 Å². The molecule has 0 amide bonds. The maximum Gasteiger partial charge on any atom is 0.0584 e. The van der Waals surface area contributed by atoms with Crippen LogP contribution < -0.4 is 5.32 Å². The van der Waals surface area contributed by atoms with Crippen molar-refractivity contribution in [2.45, 2.75) is 43.7 Å². The summed E-state index contributed by atoms with van der Waals surface area (Å²) in [5.74, 6) is 0. The lowest BCUT2D eigenvalue weighted by atomic mass is 9.97. The van der Waals surface area contributed by atoms with Gasteiger partial charge in [-0.2, -0.15) is 0 Å². The normalized spacial score (nSPS) is 33.0. The van der Waals surface area contributed by atoms with Crippen LogP contribution in [0.2, 0.25) is 0 Å². The Bertz CT molecular complexity index is 136. The lowest BCUT2D eigenvalue weighted by molar-refractivity contribution is 0.191. The third-order valence-electron chi connectivity index (χ3n) is 2.79. The Kier molecular flexibility index (Phi) is 2.79. The molecule has 1 atom stereocenters. The Hall–Kier alpha value is 0.210. The summed E-state index contributed by atoms with van der Waals surface area (Å²) in [4.78, 5) is 0. The minimum Gasteiger partial charge on any atom is -0.395 e. The molecule has 11 heavy (non-hydrogen) atoms. The number of rotatable bonds is 1. The van der Waals surface area contributed by atoms with E-state index in [4.69, 9.17) is 5.11 Å². The van der Waals surface area contributed by atoms with Gasteiger partial charge in [-0.05, 0) is 32.1 Å². The quantitative estimate of drug-likeness (QED) is 0.628. The molecule has 1 saturated heterocycles. The summed E-state index contributed by atoms with van der Waals surface area (Å²) >= 11 is 0. The zero-order valence-corrected chi connectivity index (χ0v) is 7.49. The molecule has 3 heteroatoms. The van der Waals surface area contributed by atoms with Crippen molar-refractivity contribution in [2.75, 3.05) is 6.61 Å². The van der Waals surface area contributed by atoms with Gasteiger partial charge in [0.2, 0.25) is 0 Å². The van der Waals surface area contributed by atoms with Crippen LogP contribution in [0.5, 0.6) is 0 Å². The molecule has 0 radical (unpaired) electrons. The summed E-state index contributed by atoms with van der Waals surface area (Å²) in [6.07, 6.45) is 6.48. The number of aliphatic hydroxyl groups is 1. The predicted octanol–water partition coefficient (Wildman–Crippen LogP) is 1.08. The van der Waals surface area contributed by atoms with Gasteiger partial charge in [0.25, 0.3) is 0 Å². The van der Waals surface area contributed by atoms with Gasteiger partial charge in [0.15, 0.2) is 0 Å². The van der Waals surface area contributed by atoms with Gasteiger partial charge in [-0.3, -0.25) is 0 Å². The van der Waals surface area contributed by atoms with E-state index >= 15 is 0 Å². The molecule has 2 fully saturated rings. The van der Waals surface area contributed by atoms with E-state index in [0.29, 0.717) is 18.2 Å². The summed E-state index contributed by atoms with van der Waals surface area (Å²) in [7, 11) is 0. The molecule has 0 aromatic rings. The second-order valence-electron chi connectivity index (χ2n) is 3.70. The second-order valence-corrected chi connectivity index (χ2v) is 3.70. The van der Waals surface area contributed by atoms with E-state index in [2.05, 4.69) is 5.32 Å². The van der Waals surface area contributed by atoms with Gasteiger partial charge in [0.05, 0.1) is 6.61 Å². The fourth-order valence-electron chi connectivity index (χ4n) is 1.95. The molecular formula is C8H16ClNO. The van der Waals surface area contributed by atoms with Crippen LogP contribution in [0.25, 0.3) is 0 Å². The van der Waals surface area contributed by atoms with Crippen molar-refractivity contribution >= 4 is 12.4 Å². The van der Waals surface area contributed by atoms with E-state index in [1.54, 1.807) is 0 Å². The van der Waals surface area contributed by atoms with E-state index in [0.717, 1.165) is 6.42 Å². The van der Waals surface area contributed by atoms with Gasteiger partial charge >= 0.3 is 0 Å². The van der Waals surface area contributed by atoms with E-state index in [9.17, 15) is 0 Å². The van der Waals surface area contributed by atoms with Crippen molar-refractivity contribution in [3.8, 4) is 0 Å². The van der Waals surface area contributed by atoms with Crippen LogP contribution in [0.4, 0.5) is 0 Å². The molecule has 2 N–H and O–H groups in total. The summed E-state index contributed by atoms with van der Waals surface area (Å²) in [6.45, 7) is 0.321. The number of halogens is 1. The van der Waals surface area contributed by atoms with Crippen molar-refractivity contribution in [2.24, 2.45) is 0 Å². The van der Waals surface area contributed by atoms with Crippen LogP contribution in [-0.4, -0.2) is 23.3 Å². The Morgan fingerprint density at radius 3 is 2.64 bits per heavy atom. The molecule has 0 aromatic heterocycles. The summed E-state index contributed by atoms with van der Waals surface area (Å²) in [6, 6.07) is 0.399. The van der Waals surface area contributed by atoms with Crippen molar-refractivity contribution in [1.29, 1.82) is 0 Å². The minimum absolute atomic E-state index is 0. The molecule has 66 valence electrons. The molecule has 1 saturated carbocycles. The topological polar surface area (TPSA) is 32.3 Å². The van der Waals surface area contributed by atoms with Crippen molar-refractivity contribution in [1.82, 2.24) is 5.32 Å². The highest BCUT2D eigenvalue weighted by molar-refractivity contribution is 5.85. The van der Waals surface area contributed by atoms with E-state index < -0.39 is 0 Å². The van der Waals surface area contributed by atoms with Crippen LogP contribution in [0, 0.1) is 0 Å². The average molecular weight is 178 g/mol. The molecule has 0 bridgehead atoms. The van der Waals surface area contributed by atoms with Crippen molar-refractivity contribution < 1.29 is 5.11 Å². The van der Waals surface area contributed by atoms with Crippen LogP contribution >= 0.6 is 12.4 Å². The maximum atomic E-state index is 8.89. The van der Waals surface area contributed by atoms with Gasteiger partial charge in [0.1, 0.15) is 0 Å². The smallest absolute Gasteiger partial charge is 0.0584 e. The van der Waals surface area contributed by atoms with E-state index in [1.807, 2.05) is 0 Å². The molecule has 1 aliphatic carbocycles. The summed E-state index contributed by atoms with van der Waals surface area (Å²) in [5, 5.41) is 12.4. The molecule has 1 aliphatic heterocycles. The van der Waals surface area contributed by atoms with Crippen LogP contribution in [0.3, 0.4) is 0 Å². The van der Waals surface area contributed by atoms with E-state index in [-0.39, 0.29) is 12.4 Å². The maximum absolute atomic E-state index is 8.89. The Balaban J connectivity index is 0.000000605. The molecule has 0 aromatic carbocycles. The molecule has 1 heterocycles. The first-order valence-corrected chi connectivity index (χ1v) is 4.23. The number of hydrogen-bond acceptors (Lipinski definition) is 2. The molecule has 1 unspecified atom stereocenters. The first kappa shape index (κ1) is 9.30. The first-order chi connectivity index (χ1) is 4.85. The zero-order chi connectivity index (χ0) is 7.03. The van der Waals surface area contributed by atoms with Crippen molar-refractivity contribution in [3.05, 3.63) is 0 Å². The highest BCUT2D eigenvalue weighted by Gasteiger charge is 2.45. The number of nitrogens with one attached hydrogen (secondary N) is 1. The Morgan fingerprint density at radius 2 is 2.09 bits per heavy atom. The molecule has 1 spiro atoms. The molecule has 2 rings (SSSR count). The largest absolute Gasteiger partial charge is 0.395 e. The lowest BCUT2D eigenvalue weighted by Crippen LogP contribution is -2.45. The Morgan fingerprint density at radius 1 is 1.36 bits per heavy atom. The number of piperidine rings is 1. The van der Waals surface area contributed by atoms with Crippen LogP contribution in [-0.2, 0) is 0 Å². The highest BCUT2D eigenvalue weighted by Crippen LogP contribution is 2.42.